The number of hydrogen-bond donors (Lipinski definition) is 0. The maximum atomic E-state index is 2.60. The van der Waals surface area contributed by atoms with Crippen LogP contribution in [0.4, 0.5) is 0 Å². The van der Waals surface area contributed by atoms with E-state index in [1.165, 1.54) is 33.4 Å². The zero-order chi connectivity index (χ0) is 18.2. The second-order valence-electron chi connectivity index (χ2n) is 7.41. The number of rotatable bonds is 3. The predicted octanol–water partition coefficient (Wildman–Crippen LogP) is 6.59. The van der Waals surface area contributed by atoms with E-state index in [1.807, 2.05) is 0 Å². The van der Waals surface area contributed by atoms with Gasteiger partial charge in [-0.15, -0.1) is 24.8 Å². The fourth-order valence-electron chi connectivity index (χ4n) is 4.45. The zero-order valence-corrected chi connectivity index (χ0v) is 20.5. The van der Waals surface area contributed by atoms with E-state index >= 15 is 0 Å². The van der Waals surface area contributed by atoms with Gasteiger partial charge in [-0.1, -0.05) is 0 Å². The van der Waals surface area contributed by atoms with Crippen molar-refractivity contribution in [2.24, 2.45) is 0 Å². The molecule has 0 aliphatic heterocycles. The van der Waals surface area contributed by atoms with Crippen LogP contribution in [0.5, 0.6) is 0 Å². The van der Waals surface area contributed by atoms with Gasteiger partial charge in [0.15, 0.2) is 0 Å². The summed E-state index contributed by atoms with van der Waals surface area (Å²) in [5.41, 5.74) is 10.4. The Balaban J connectivity index is 0.00000120. The average molecular weight is 499 g/mol. The molecule has 0 radical (unpaired) electrons. The van der Waals surface area contributed by atoms with Gasteiger partial charge in [-0.05, 0) is 0 Å². The molecule has 0 aromatic heterocycles. The molecule has 3 heteroatoms. The standard InChI is InChI=1S/C18H13.C7H6.CH3.2ClH.Zr/c1-2-6-13(5-1)14-9-10-18-16(11-14)12-15-7-3-4-8-17(15)18;1-7-5-3-2-4-6-7;;;;/h1-5,7-10H,6,12H2;1-6H;1H3;2*1H;. The molecule has 0 unspecified atom stereocenters. The first-order valence-electron chi connectivity index (χ1n) is 9.65. The first-order valence-corrected chi connectivity index (χ1v) is 14.8. The Morgan fingerprint density at radius 3 is 2.28 bits per heavy atom. The number of benzene rings is 3. The number of hydrogen-bond acceptors (Lipinski definition) is 0. The molecule has 0 saturated carbocycles. The Bertz CT molecular complexity index is 1120. The van der Waals surface area contributed by atoms with Crippen LogP contribution < -0.4 is 3.27 Å². The monoisotopic (exact) mass is 496 g/mol. The van der Waals surface area contributed by atoms with E-state index in [9.17, 15) is 0 Å². The van der Waals surface area contributed by atoms with Gasteiger partial charge in [-0.3, -0.25) is 0 Å². The molecule has 3 aromatic carbocycles. The molecule has 0 amide bonds. The molecule has 0 N–H and O–H groups in total. The van der Waals surface area contributed by atoms with Gasteiger partial charge in [0.2, 0.25) is 0 Å². The number of halogens is 2. The second-order valence-corrected chi connectivity index (χ2v) is 12.7. The molecular formula is C26H24Cl2Zr. The number of fused-ring (bicyclic) bond motifs is 3. The van der Waals surface area contributed by atoms with Crippen LogP contribution in [0.25, 0.3) is 16.7 Å². The van der Waals surface area contributed by atoms with Gasteiger partial charge >= 0.3 is 170 Å². The summed E-state index contributed by atoms with van der Waals surface area (Å²) in [5, 5.41) is 0. The maximum absolute atomic E-state index is 2.60. The van der Waals surface area contributed by atoms with Crippen LogP contribution in [0.1, 0.15) is 28.7 Å². The van der Waals surface area contributed by atoms with E-state index in [4.69, 9.17) is 0 Å². The van der Waals surface area contributed by atoms with Gasteiger partial charge in [-0.2, -0.15) is 0 Å². The summed E-state index contributed by atoms with van der Waals surface area (Å²) in [6.07, 6.45) is 8.96. The quantitative estimate of drug-likeness (QED) is 0.299. The molecule has 0 fully saturated rings. The molecule has 0 heterocycles. The van der Waals surface area contributed by atoms with Crippen LogP contribution in [0.3, 0.4) is 0 Å². The third-order valence-electron chi connectivity index (χ3n) is 5.68. The SMILES string of the molecule is Cl.Cl.[CH3]/[Zr](=[CH]/c1ccccc1)[c]1c(C2=CC=CC2)ccc2c1Cc1ccccc1-2. The third kappa shape index (κ3) is 4.20. The summed E-state index contributed by atoms with van der Waals surface area (Å²) < 4.78 is 6.85. The molecule has 0 saturated heterocycles. The Kier molecular flexibility index (Phi) is 7.28. The topological polar surface area (TPSA) is 0 Å². The number of allylic oxidation sites excluding steroid dienone is 4. The minimum absolute atomic E-state index is 0. The van der Waals surface area contributed by atoms with E-state index < -0.39 is 21.3 Å². The van der Waals surface area contributed by atoms with Crippen molar-refractivity contribution in [1.29, 1.82) is 0 Å². The van der Waals surface area contributed by atoms with Gasteiger partial charge in [0.25, 0.3) is 0 Å². The van der Waals surface area contributed by atoms with Crippen LogP contribution in [0, 0.1) is 0 Å². The molecule has 0 bridgehead atoms. The van der Waals surface area contributed by atoms with Crippen LogP contribution >= 0.6 is 24.8 Å². The van der Waals surface area contributed by atoms with Gasteiger partial charge in [0, 0.05) is 0 Å². The minimum atomic E-state index is -1.93. The van der Waals surface area contributed by atoms with Crippen LogP contribution in [-0.2, 0) is 27.7 Å². The van der Waals surface area contributed by atoms with Crippen molar-refractivity contribution in [2.45, 2.75) is 17.5 Å². The summed E-state index contributed by atoms with van der Waals surface area (Å²) in [6.45, 7) is 0. The predicted molar refractivity (Wildman–Crippen MR) is 128 cm³/mol. The van der Waals surface area contributed by atoms with E-state index in [-0.39, 0.29) is 24.8 Å². The van der Waals surface area contributed by atoms with E-state index in [0.717, 1.165) is 12.8 Å². The molecule has 0 nitrogen and oxygen atoms in total. The summed E-state index contributed by atoms with van der Waals surface area (Å²) in [5.74, 6) is 0. The van der Waals surface area contributed by atoms with Crippen LogP contribution in [0.2, 0.25) is 4.63 Å². The van der Waals surface area contributed by atoms with Crippen LogP contribution in [-0.4, -0.2) is 3.71 Å². The van der Waals surface area contributed by atoms with E-state index in [1.54, 1.807) is 8.83 Å². The Morgan fingerprint density at radius 1 is 0.793 bits per heavy atom. The normalized spacial score (nSPS) is 13.8. The molecule has 0 spiro atoms. The molecule has 5 rings (SSSR count). The Morgan fingerprint density at radius 2 is 1.52 bits per heavy atom. The summed E-state index contributed by atoms with van der Waals surface area (Å²) in [6, 6.07) is 24.6. The average Bonchev–Trinajstić information content (AvgIpc) is 3.35. The summed E-state index contributed by atoms with van der Waals surface area (Å²) in [4.78, 5) is 0. The summed E-state index contributed by atoms with van der Waals surface area (Å²) in [7, 11) is 0. The summed E-state index contributed by atoms with van der Waals surface area (Å²) >= 11 is -1.93. The third-order valence-corrected chi connectivity index (χ3v) is 10.9. The fourth-order valence-corrected chi connectivity index (χ4v) is 9.87. The fraction of sp³-hybridized carbons (Fsp3) is 0.115. The first-order chi connectivity index (χ1) is 13.3. The van der Waals surface area contributed by atoms with Crippen molar-refractivity contribution in [1.82, 2.24) is 0 Å². The van der Waals surface area contributed by atoms with Gasteiger partial charge < -0.3 is 0 Å². The van der Waals surface area contributed by atoms with Gasteiger partial charge in [0.05, 0.1) is 0 Å². The van der Waals surface area contributed by atoms with Gasteiger partial charge in [-0.25, -0.2) is 0 Å². The van der Waals surface area contributed by atoms with E-state index in [0.29, 0.717) is 0 Å². The van der Waals surface area contributed by atoms with Gasteiger partial charge in [0.1, 0.15) is 0 Å². The van der Waals surface area contributed by atoms with Crippen molar-refractivity contribution in [3.63, 3.8) is 0 Å². The van der Waals surface area contributed by atoms with Crippen LogP contribution in [0.15, 0.2) is 85.0 Å². The Hall–Kier alpha value is -1.53. The molecule has 2 aliphatic carbocycles. The van der Waals surface area contributed by atoms with Crippen molar-refractivity contribution in [2.75, 3.05) is 0 Å². The molecular weight excluding hydrogens is 474 g/mol. The van der Waals surface area contributed by atoms with Crippen molar-refractivity contribution in [3.05, 3.63) is 107 Å². The second kappa shape index (κ2) is 9.52. The molecule has 29 heavy (non-hydrogen) atoms. The van der Waals surface area contributed by atoms with Crippen molar-refractivity contribution in [3.8, 4) is 11.1 Å². The van der Waals surface area contributed by atoms with Crippen molar-refractivity contribution >= 4 is 37.4 Å². The molecule has 0 atom stereocenters. The van der Waals surface area contributed by atoms with Crippen molar-refractivity contribution < 1.29 is 21.3 Å². The van der Waals surface area contributed by atoms with E-state index in [2.05, 4.69) is 93.3 Å². The Labute approximate surface area is 193 Å². The molecule has 2 aliphatic rings. The molecule has 3 aromatic rings. The zero-order valence-electron chi connectivity index (χ0n) is 16.4. The molecule has 146 valence electrons. The first kappa shape index (κ1) is 22.2.